The van der Waals surface area contributed by atoms with Crippen LogP contribution in [0.3, 0.4) is 0 Å². The number of nitrogens with one attached hydrogen (secondary N) is 1. The predicted octanol–water partition coefficient (Wildman–Crippen LogP) is 0.744. The fraction of sp³-hybridized carbons (Fsp3) is 0.667. The molecule has 6 nitrogen and oxygen atoms in total. The van der Waals surface area contributed by atoms with E-state index in [0.717, 1.165) is 18.8 Å². The van der Waals surface area contributed by atoms with Crippen LogP contribution in [0.15, 0.2) is 12.3 Å². The Labute approximate surface area is 108 Å². The Bertz CT molecular complexity index is 336. The lowest BCUT2D eigenvalue weighted by Crippen LogP contribution is -2.31. The van der Waals surface area contributed by atoms with Crippen molar-refractivity contribution in [3.8, 4) is 0 Å². The molecule has 0 fully saturated rings. The number of aliphatic hydroxyl groups excluding tert-OH is 1. The topological polar surface area (TPSA) is 70.5 Å². The van der Waals surface area contributed by atoms with Crippen LogP contribution in [-0.4, -0.2) is 55.0 Å². The first-order chi connectivity index (χ1) is 8.81. The summed E-state index contributed by atoms with van der Waals surface area (Å²) < 4.78 is 5.05. The van der Waals surface area contributed by atoms with Crippen molar-refractivity contribution in [2.75, 3.05) is 50.2 Å². The Kier molecular flexibility index (Phi) is 7.05. The molecule has 0 bridgehead atoms. The second kappa shape index (κ2) is 8.66. The van der Waals surface area contributed by atoms with Gasteiger partial charge in [-0.3, -0.25) is 0 Å². The molecule has 0 saturated heterocycles. The minimum absolute atomic E-state index is 0.0887. The van der Waals surface area contributed by atoms with Crippen LogP contribution in [0.1, 0.15) is 13.3 Å². The summed E-state index contributed by atoms with van der Waals surface area (Å²) in [5.74, 6) is 1.42. The van der Waals surface area contributed by atoms with Crippen molar-refractivity contribution in [1.82, 2.24) is 9.97 Å². The number of anilines is 2. The minimum atomic E-state index is 0.0887. The fourth-order valence-electron chi connectivity index (χ4n) is 1.51. The van der Waals surface area contributed by atoms with Crippen molar-refractivity contribution in [3.63, 3.8) is 0 Å². The third kappa shape index (κ3) is 4.85. The van der Waals surface area contributed by atoms with E-state index in [9.17, 15) is 0 Å². The highest BCUT2D eigenvalue weighted by molar-refractivity contribution is 5.42. The van der Waals surface area contributed by atoms with Crippen LogP contribution in [0.4, 0.5) is 11.8 Å². The Hall–Kier alpha value is -1.40. The summed E-state index contributed by atoms with van der Waals surface area (Å²) in [4.78, 5) is 10.6. The highest BCUT2D eigenvalue weighted by Gasteiger charge is 2.08. The Morgan fingerprint density at radius 3 is 2.94 bits per heavy atom. The van der Waals surface area contributed by atoms with E-state index in [2.05, 4.69) is 22.2 Å². The van der Waals surface area contributed by atoms with Crippen LogP contribution in [0.2, 0.25) is 0 Å². The molecule has 1 aromatic heterocycles. The number of methoxy groups -OCH3 is 1. The summed E-state index contributed by atoms with van der Waals surface area (Å²) in [6.45, 7) is 4.86. The molecule has 0 aliphatic carbocycles. The highest BCUT2D eigenvalue weighted by Crippen LogP contribution is 2.11. The Balaban J connectivity index is 2.70. The second-order valence-corrected chi connectivity index (χ2v) is 3.87. The molecule has 0 amide bonds. The largest absolute Gasteiger partial charge is 0.395 e. The maximum Gasteiger partial charge on any atom is 0.224 e. The van der Waals surface area contributed by atoms with Crippen LogP contribution in [-0.2, 0) is 4.74 Å². The molecule has 1 rings (SSSR count). The lowest BCUT2D eigenvalue weighted by Gasteiger charge is -2.22. The molecule has 0 saturated carbocycles. The van der Waals surface area contributed by atoms with E-state index in [0.29, 0.717) is 25.6 Å². The van der Waals surface area contributed by atoms with Gasteiger partial charge in [-0.15, -0.1) is 0 Å². The van der Waals surface area contributed by atoms with Gasteiger partial charge in [-0.25, -0.2) is 4.98 Å². The molecule has 0 radical (unpaired) electrons. The second-order valence-electron chi connectivity index (χ2n) is 3.87. The van der Waals surface area contributed by atoms with Crippen molar-refractivity contribution in [3.05, 3.63) is 12.3 Å². The smallest absolute Gasteiger partial charge is 0.224 e. The van der Waals surface area contributed by atoms with E-state index in [4.69, 9.17) is 9.84 Å². The molecule has 6 heteroatoms. The van der Waals surface area contributed by atoms with E-state index in [-0.39, 0.29) is 6.61 Å². The molecule has 1 heterocycles. The van der Waals surface area contributed by atoms with Gasteiger partial charge in [0.2, 0.25) is 5.95 Å². The van der Waals surface area contributed by atoms with Gasteiger partial charge in [-0.2, -0.15) is 4.98 Å². The minimum Gasteiger partial charge on any atom is -0.395 e. The van der Waals surface area contributed by atoms with Crippen molar-refractivity contribution < 1.29 is 9.84 Å². The van der Waals surface area contributed by atoms with Gasteiger partial charge in [0, 0.05) is 32.9 Å². The lowest BCUT2D eigenvalue weighted by atomic mass is 10.4. The van der Waals surface area contributed by atoms with Gasteiger partial charge in [-0.1, -0.05) is 6.92 Å². The molecule has 2 N–H and O–H groups in total. The molecule has 0 aliphatic heterocycles. The van der Waals surface area contributed by atoms with Gasteiger partial charge < -0.3 is 20.1 Å². The quantitative estimate of drug-likeness (QED) is 0.677. The highest BCUT2D eigenvalue weighted by atomic mass is 16.5. The molecule has 102 valence electrons. The van der Waals surface area contributed by atoms with Crippen LogP contribution in [0, 0.1) is 0 Å². The average Bonchev–Trinajstić information content (AvgIpc) is 2.41. The summed E-state index contributed by atoms with van der Waals surface area (Å²) in [6, 6.07) is 1.84. The van der Waals surface area contributed by atoms with Crippen molar-refractivity contribution >= 4 is 11.8 Å². The third-order valence-electron chi connectivity index (χ3n) is 2.43. The standard InChI is InChI=1S/C12H22N4O2/c1-3-5-13-12-14-6-4-11(15-12)16(7-9-17)8-10-18-2/h4,6,17H,3,5,7-10H2,1-2H3,(H,13,14,15). The first kappa shape index (κ1) is 14.7. The zero-order chi connectivity index (χ0) is 13.2. The van der Waals surface area contributed by atoms with Gasteiger partial charge in [-0.05, 0) is 12.5 Å². The van der Waals surface area contributed by atoms with Gasteiger partial charge in [0.1, 0.15) is 5.82 Å². The average molecular weight is 254 g/mol. The van der Waals surface area contributed by atoms with Gasteiger partial charge in [0.15, 0.2) is 0 Å². The predicted molar refractivity (Wildman–Crippen MR) is 72.0 cm³/mol. The number of aliphatic hydroxyl groups is 1. The summed E-state index contributed by atoms with van der Waals surface area (Å²) >= 11 is 0. The first-order valence-corrected chi connectivity index (χ1v) is 6.23. The molecule has 0 spiro atoms. The Morgan fingerprint density at radius 1 is 1.44 bits per heavy atom. The normalized spacial score (nSPS) is 10.4. The van der Waals surface area contributed by atoms with Crippen LogP contribution >= 0.6 is 0 Å². The number of ether oxygens (including phenoxy) is 1. The molecular weight excluding hydrogens is 232 g/mol. The summed E-state index contributed by atoms with van der Waals surface area (Å²) in [5.41, 5.74) is 0. The maximum absolute atomic E-state index is 9.07. The van der Waals surface area contributed by atoms with E-state index >= 15 is 0 Å². The number of rotatable bonds is 9. The first-order valence-electron chi connectivity index (χ1n) is 6.23. The van der Waals surface area contributed by atoms with Crippen LogP contribution < -0.4 is 10.2 Å². The van der Waals surface area contributed by atoms with Crippen molar-refractivity contribution in [2.24, 2.45) is 0 Å². The SMILES string of the molecule is CCCNc1nccc(N(CCO)CCOC)n1. The monoisotopic (exact) mass is 254 g/mol. The molecule has 0 aliphatic rings. The summed E-state index contributed by atoms with van der Waals surface area (Å²) in [6.07, 6.45) is 2.75. The van der Waals surface area contributed by atoms with Crippen LogP contribution in [0.5, 0.6) is 0 Å². The zero-order valence-electron chi connectivity index (χ0n) is 11.1. The maximum atomic E-state index is 9.07. The number of aromatic nitrogens is 2. The lowest BCUT2D eigenvalue weighted by molar-refractivity contribution is 0.202. The third-order valence-corrected chi connectivity index (χ3v) is 2.43. The van der Waals surface area contributed by atoms with E-state index in [1.54, 1.807) is 13.3 Å². The fourth-order valence-corrected chi connectivity index (χ4v) is 1.51. The molecule has 1 aromatic rings. The number of hydrogen-bond donors (Lipinski definition) is 2. The van der Waals surface area contributed by atoms with E-state index in [1.807, 2.05) is 11.0 Å². The summed E-state index contributed by atoms with van der Waals surface area (Å²) in [7, 11) is 1.66. The Morgan fingerprint density at radius 2 is 2.28 bits per heavy atom. The van der Waals surface area contributed by atoms with Gasteiger partial charge in [0.25, 0.3) is 0 Å². The van der Waals surface area contributed by atoms with Gasteiger partial charge in [0.05, 0.1) is 13.2 Å². The van der Waals surface area contributed by atoms with E-state index < -0.39 is 0 Å². The molecule has 0 aromatic carbocycles. The summed E-state index contributed by atoms with van der Waals surface area (Å²) in [5, 5.41) is 12.2. The van der Waals surface area contributed by atoms with Crippen LogP contribution in [0.25, 0.3) is 0 Å². The van der Waals surface area contributed by atoms with Crippen molar-refractivity contribution in [1.29, 1.82) is 0 Å². The zero-order valence-corrected chi connectivity index (χ0v) is 11.1. The number of hydrogen-bond acceptors (Lipinski definition) is 6. The number of nitrogens with zero attached hydrogens (tertiary/aromatic N) is 3. The molecule has 18 heavy (non-hydrogen) atoms. The molecular formula is C12H22N4O2. The molecule has 0 unspecified atom stereocenters. The van der Waals surface area contributed by atoms with Crippen molar-refractivity contribution in [2.45, 2.75) is 13.3 Å². The van der Waals surface area contributed by atoms with Gasteiger partial charge >= 0.3 is 0 Å². The van der Waals surface area contributed by atoms with E-state index in [1.165, 1.54) is 0 Å². The molecule has 0 atom stereocenters.